The van der Waals surface area contributed by atoms with Gasteiger partial charge in [0, 0.05) is 0 Å². The van der Waals surface area contributed by atoms with Gasteiger partial charge in [0.2, 0.25) is 0 Å². The van der Waals surface area contributed by atoms with Crippen LogP contribution in [0.5, 0.6) is 0 Å². The minimum Gasteiger partial charge on any atom is -0.477 e. The first-order valence-electron chi connectivity index (χ1n) is 5.11. The van der Waals surface area contributed by atoms with Gasteiger partial charge >= 0.3 is 11.9 Å². The number of hydrogen-bond donors (Lipinski definition) is 2. The average molecular weight is 302 g/mol. The average Bonchev–Trinajstić information content (AvgIpc) is 2.27. The van der Waals surface area contributed by atoms with Gasteiger partial charge in [0.15, 0.2) is 11.4 Å². The van der Waals surface area contributed by atoms with Crippen LogP contribution < -0.4 is 0 Å². The molecule has 0 aromatic carbocycles. The van der Waals surface area contributed by atoms with E-state index in [-0.39, 0.29) is 11.4 Å². The van der Waals surface area contributed by atoms with E-state index in [1.165, 1.54) is 0 Å². The van der Waals surface area contributed by atoms with Gasteiger partial charge < -0.3 is 10.2 Å². The van der Waals surface area contributed by atoms with Crippen molar-refractivity contribution < 1.29 is 19.8 Å². The molecule has 1 heterocycles. The number of nitrogens with zero attached hydrogens (tertiary/aromatic N) is 1. The second kappa shape index (κ2) is 5.27. The van der Waals surface area contributed by atoms with E-state index < -0.39 is 11.9 Å². The number of pyridine rings is 1. The fourth-order valence-electron chi connectivity index (χ4n) is 1.71. The van der Waals surface area contributed by atoms with Crippen LogP contribution in [0.1, 0.15) is 46.0 Å². The summed E-state index contributed by atoms with van der Waals surface area (Å²) in [5.41, 5.74) is 0.843. The molecule has 1 rings (SSSR count). The van der Waals surface area contributed by atoms with Gasteiger partial charge in [0.1, 0.15) is 0 Å². The van der Waals surface area contributed by atoms with Gasteiger partial charge in [0.05, 0.1) is 4.47 Å². The molecule has 0 radical (unpaired) electrons. The smallest absolute Gasteiger partial charge is 0.355 e. The Morgan fingerprint density at radius 3 is 1.88 bits per heavy atom. The van der Waals surface area contributed by atoms with Gasteiger partial charge in [-0.3, -0.25) is 0 Å². The van der Waals surface area contributed by atoms with Crippen molar-refractivity contribution in [3.63, 3.8) is 0 Å². The lowest BCUT2D eigenvalue weighted by Crippen LogP contribution is -2.14. The van der Waals surface area contributed by atoms with E-state index in [0.29, 0.717) is 28.4 Å². The fraction of sp³-hybridized carbons (Fsp3) is 0.364. The summed E-state index contributed by atoms with van der Waals surface area (Å²) in [5, 5.41) is 18.0. The summed E-state index contributed by atoms with van der Waals surface area (Å²) in [4.78, 5) is 25.7. The van der Waals surface area contributed by atoms with Gasteiger partial charge in [-0.05, 0) is 39.9 Å². The van der Waals surface area contributed by atoms with Crippen LogP contribution in [0, 0.1) is 0 Å². The van der Waals surface area contributed by atoms with Crippen molar-refractivity contribution in [2.24, 2.45) is 0 Å². The Morgan fingerprint density at radius 2 is 1.53 bits per heavy atom. The molecular weight excluding hydrogens is 290 g/mol. The first-order chi connectivity index (χ1) is 7.93. The number of carboxylic acid groups (broad SMARTS) is 2. The van der Waals surface area contributed by atoms with Gasteiger partial charge in [-0.2, -0.15) is 0 Å². The summed E-state index contributed by atoms with van der Waals surface area (Å²) in [6.45, 7) is 3.66. The molecule has 1 aromatic rings. The zero-order valence-corrected chi connectivity index (χ0v) is 11.0. The number of carboxylic acids is 2. The van der Waals surface area contributed by atoms with E-state index >= 15 is 0 Å². The van der Waals surface area contributed by atoms with Crippen molar-refractivity contribution in [2.45, 2.75) is 26.7 Å². The number of rotatable bonds is 4. The van der Waals surface area contributed by atoms with E-state index in [1.54, 1.807) is 0 Å². The molecule has 1 aromatic heterocycles. The molecule has 0 aliphatic heterocycles. The molecular formula is C11H12BrNO4. The van der Waals surface area contributed by atoms with Crippen LogP contribution in [0.25, 0.3) is 0 Å². The van der Waals surface area contributed by atoms with E-state index in [1.807, 2.05) is 13.8 Å². The molecule has 2 N–H and O–H groups in total. The largest absolute Gasteiger partial charge is 0.477 e. The SMILES string of the molecule is CCc1c(C(=O)O)nc(C(=O)O)c(Br)c1CC. The van der Waals surface area contributed by atoms with Gasteiger partial charge in [-0.15, -0.1) is 0 Å². The Labute approximate surface area is 107 Å². The lowest BCUT2D eigenvalue weighted by atomic mass is 10.0. The molecule has 0 bridgehead atoms. The standard InChI is InChI=1S/C11H12BrNO4/c1-3-5-6(4-2)8(10(14)15)13-9(7(5)12)11(16)17/h3-4H2,1-2H3,(H,14,15)(H,16,17). The van der Waals surface area contributed by atoms with E-state index in [4.69, 9.17) is 10.2 Å². The van der Waals surface area contributed by atoms with Crippen LogP contribution in [0.15, 0.2) is 4.47 Å². The van der Waals surface area contributed by atoms with Gasteiger partial charge in [-0.25, -0.2) is 14.6 Å². The quantitative estimate of drug-likeness (QED) is 0.891. The zero-order valence-electron chi connectivity index (χ0n) is 9.45. The molecule has 0 amide bonds. The first kappa shape index (κ1) is 13.6. The second-order valence-corrected chi connectivity index (χ2v) is 4.19. The maximum absolute atomic E-state index is 11.1. The monoisotopic (exact) mass is 301 g/mol. The van der Waals surface area contributed by atoms with Crippen molar-refractivity contribution in [2.75, 3.05) is 0 Å². The Hall–Kier alpha value is -1.43. The van der Waals surface area contributed by atoms with E-state index in [9.17, 15) is 9.59 Å². The van der Waals surface area contributed by atoms with E-state index in [0.717, 1.165) is 0 Å². The topological polar surface area (TPSA) is 87.5 Å². The molecule has 0 saturated heterocycles. The predicted molar refractivity (Wildman–Crippen MR) is 64.6 cm³/mol. The third-order valence-electron chi connectivity index (χ3n) is 2.46. The van der Waals surface area contributed by atoms with Crippen molar-refractivity contribution in [3.05, 3.63) is 27.0 Å². The highest BCUT2D eigenvalue weighted by Gasteiger charge is 2.23. The Morgan fingerprint density at radius 1 is 1.06 bits per heavy atom. The molecule has 5 nitrogen and oxygen atoms in total. The molecule has 0 spiro atoms. The third-order valence-corrected chi connectivity index (χ3v) is 3.31. The lowest BCUT2D eigenvalue weighted by Gasteiger charge is -2.13. The van der Waals surface area contributed by atoms with Gasteiger partial charge in [0.25, 0.3) is 0 Å². The summed E-state index contributed by atoms with van der Waals surface area (Å²) in [7, 11) is 0. The maximum atomic E-state index is 11.1. The highest BCUT2D eigenvalue weighted by molar-refractivity contribution is 9.10. The Balaban J connectivity index is 3.67. The predicted octanol–water partition coefficient (Wildman–Crippen LogP) is 2.37. The normalized spacial score (nSPS) is 10.3. The van der Waals surface area contributed by atoms with Crippen LogP contribution in [-0.4, -0.2) is 27.1 Å². The summed E-state index contributed by atoms with van der Waals surface area (Å²) in [6, 6.07) is 0. The third kappa shape index (κ3) is 2.46. The number of halogens is 1. The highest BCUT2D eigenvalue weighted by Crippen LogP contribution is 2.27. The molecule has 17 heavy (non-hydrogen) atoms. The van der Waals surface area contributed by atoms with Crippen molar-refractivity contribution in [3.8, 4) is 0 Å². The van der Waals surface area contributed by atoms with E-state index in [2.05, 4.69) is 20.9 Å². The fourth-order valence-corrected chi connectivity index (χ4v) is 2.49. The maximum Gasteiger partial charge on any atom is 0.355 e. The highest BCUT2D eigenvalue weighted by atomic mass is 79.9. The molecule has 0 aliphatic carbocycles. The summed E-state index contributed by atoms with van der Waals surface area (Å²) >= 11 is 3.18. The number of carbonyl (C=O) groups is 2. The minimum atomic E-state index is -1.24. The Kier molecular flexibility index (Phi) is 4.22. The lowest BCUT2D eigenvalue weighted by molar-refractivity contribution is 0.0683. The van der Waals surface area contributed by atoms with Crippen molar-refractivity contribution >= 4 is 27.9 Å². The number of aromatic carboxylic acids is 2. The first-order valence-corrected chi connectivity index (χ1v) is 5.91. The number of aromatic nitrogens is 1. The summed E-state index contributed by atoms with van der Waals surface area (Å²) in [6.07, 6.45) is 1.04. The molecule has 0 unspecified atom stereocenters. The zero-order chi connectivity index (χ0) is 13.2. The van der Waals surface area contributed by atoms with Crippen molar-refractivity contribution in [1.82, 2.24) is 4.98 Å². The molecule has 6 heteroatoms. The summed E-state index contributed by atoms with van der Waals surface area (Å²) < 4.78 is 0.370. The van der Waals surface area contributed by atoms with Crippen LogP contribution in [0.2, 0.25) is 0 Å². The van der Waals surface area contributed by atoms with Crippen molar-refractivity contribution in [1.29, 1.82) is 0 Å². The molecule has 0 fully saturated rings. The second-order valence-electron chi connectivity index (χ2n) is 3.40. The van der Waals surface area contributed by atoms with Crippen LogP contribution in [0.3, 0.4) is 0 Å². The molecule has 92 valence electrons. The van der Waals surface area contributed by atoms with Crippen LogP contribution in [-0.2, 0) is 12.8 Å². The number of hydrogen-bond acceptors (Lipinski definition) is 3. The van der Waals surface area contributed by atoms with Crippen LogP contribution >= 0.6 is 15.9 Å². The minimum absolute atomic E-state index is 0.176. The molecule has 0 atom stereocenters. The van der Waals surface area contributed by atoms with Gasteiger partial charge in [-0.1, -0.05) is 13.8 Å². The summed E-state index contributed by atoms with van der Waals surface area (Å²) in [5.74, 6) is -2.44. The Bertz CT molecular complexity index is 485. The molecule has 0 saturated carbocycles. The molecule has 0 aliphatic rings. The van der Waals surface area contributed by atoms with Crippen LogP contribution in [0.4, 0.5) is 0 Å².